The molecule has 1 aromatic carbocycles. The third-order valence-electron chi connectivity index (χ3n) is 5.41. The smallest absolute Gasteiger partial charge is 0.272 e. The first-order chi connectivity index (χ1) is 16.9. The quantitative estimate of drug-likeness (QED) is 0.438. The molecule has 12 heteroatoms. The van der Waals surface area contributed by atoms with Gasteiger partial charge in [-0.2, -0.15) is 0 Å². The Morgan fingerprint density at radius 2 is 1.57 bits per heavy atom. The van der Waals surface area contributed by atoms with Crippen LogP contribution in [-0.2, 0) is 0 Å². The molecule has 1 aliphatic rings. The molecule has 0 spiro atoms. The summed E-state index contributed by atoms with van der Waals surface area (Å²) >= 11 is 12.1. The Labute approximate surface area is 211 Å². The molecule has 182 valence electrons. The minimum atomic E-state index is -0.468. The number of hydrogen-bond acceptors (Lipinski definition) is 8. The first kappa shape index (κ1) is 24.8. The molecule has 2 amide bonds. The van der Waals surface area contributed by atoms with Gasteiger partial charge in [0.2, 0.25) is 5.95 Å². The number of amides is 2. The number of benzene rings is 1. The van der Waals surface area contributed by atoms with Crippen molar-refractivity contribution in [2.75, 3.05) is 50.0 Å². The number of aliphatic hydroxyl groups excluding tert-OH is 1. The number of nitrogens with zero attached hydrogens (tertiary/aromatic N) is 5. The highest BCUT2D eigenvalue weighted by atomic mass is 35.5. The van der Waals surface area contributed by atoms with E-state index < -0.39 is 5.91 Å². The molecule has 3 aromatic rings. The van der Waals surface area contributed by atoms with Gasteiger partial charge in [0.1, 0.15) is 5.69 Å². The summed E-state index contributed by atoms with van der Waals surface area (Å²) in [5.41, 5.74) is 1.50. The molecule has 1 saturated heterocycles. The predicted molar refractivity (Wildman–Crippen MR) is 133 cm³/mol. The molecule has 35 heavy (non-hydrogen) atoms. The number of aromatic nitrogens is 3. The van der Waals surface area contributed by atoms with Crippen LogP contribution in [-0.4, -0.2) is 81.0 Å². The maximum absolute atomic E-state index is 12.7. The van der Waals surface area contributed by atoms with E-state index in [4.69, 9.17) is 28.3 Å². The van der Waals surface area contributed by atoms with Crippen molar-refractivity contribution in [3.8, 4) is 0 Å². The summed E-state index contributed by atoms with van der Waals surface area (Å²) in [5, 5.41) is 15.2. The molecule has 0 radical (unpaired) electrons. The molecule has 3 heterocycles. The number of β-amino-alcohol motifs (C(OH)–C–C–N with tert-alkyl or cyclic N) is 1. The zero-order valence-corrected chi connectivity index (χ0v) is 20.1. The molecule has 0 atom stereocenters. The standard InChI is InChI=1S/C23H23Cl2N7O3/c24-17-2-1-3-18(25)20(17)21(34)29-16-13-27-23(28-14-16)30-15-4-5-19(26-12-15)22(35)32-8-6-31(7-9-32)10-11-33/h1-5,12-14,33H,6-11H2,(H,29,34)(H,27,28,30). The Bertz CT molecular complexity index is 1160. The van der Waals surface area contributed by atoms with Gasteiger partial charge in [-0.25, -0.2) is 15.0 Å². The lowest BCUT2D eigenvalue weighted by Crippen LogP contribution is -2.49. The van der Waals surface area contributed by atoms with Gasteiger partial charge < -0.3 is 20.6 Å². The molecule has 0 unspecified atom stereocenters. The van der Waals surface area contributed by atoms with E-state index in [0.717, 1.165) is 13.1 Å². The van der Waals surface area contributed by atoms with Crippen molar-refractivity contribution in [2.24, 2.45) is 0 Å². The SMILES string of the molecule is O=C(Nc1cnc(Nc2ccc(C(=O)N3CCN(CCO)CC3)nc2)nc1)c1c(Cl)cccc1Cl. The van der Waals surface area contributed by atoms with Gasteiger partial charge in [-0.15, -0.1) is 0 Å². The summed E-state index contributed by atoms with van der Waals surface area (Å²) in [4.78, 5) is 41.7. The van der Waals surface area contributed by atoms with Gasteiger partial charge >= 0.3 is 0 Å². The molecule has 0 aliphatic carbocycles. The summed E-state index contributed by atoms with van der Waals surface area (Å²) in [7, 11) is 0. The van der Waals surface area contributed by atoms with Crippen molar-refractivity contribution < 1.29 is 14.7 Å². The highest BCUT2D eigenvalue weighted by Gasteiger charge is 2.22. The number of carbonyl (C=O) groups excluding carboxylic acids is 2. The molecule has 1 aliphatic heterocycles. The summed E-state index contributed by atoms with van der Waals surface area (Å²) in [6, 6.07) is 8.19. The Kier molecular flexibility index (Phi) is 8.09. The summed E-state index contributed by atoms with van der Waals surface area (Å²) in [5.74, 6) is -0.306. The van der Waals surface area contributed by atoms with Gasteiger partial charge in [0.25, 0.3) is 11.8 Å². The molecular formula is C23H23Cl2N7O3. The second kappa shape index (κ2) is 11.4. The molecule has 3 N–H and O–H groups in total. The number of rotatable bonds is 7. The van der Waals surface area contributed by atoms with Crippen LogP contribution >= 0.6 is 23.2 Å². The van der Waals surface area contributed by atoms with Crippen molar-refractivity contribution >= 4 is 52.3 Å². The van der Waals surface area contributed by atoms with Crippen LogP contribution < -0.4 is 10.6 Å². The number of piperazine rings is 1. The van der Waals surface area contributed by atoms with Crippen LogP contribution in [0.3, 0.4) is 0 Å². The van der Waals surface area contributed by atoms with Gasteiger partial charge in [0.15, 0.2) is 0 Å². The number of hydrogen-bond donors (Lipinski definition) is 3. The molecular weight excluding hydrogens is 493 g/mol. The van der Waals surface area contributed by atoms with E-state index in [2.05, 4.69) is 30.5 Å². The fourth-order valence-electron chi connectivity index (χ4n) is 3.57. The number of anilines is 3. The summed E-state index contributed by atoms with van der Waals surface area (Å²) < 4.78 is 0. The highest BCUT2D eigenvalue weighted by molar-refractivity contribution is 6.40. The van der Waals surface area contributed by atoms with Gasteiger partial charge in [-0.05, 0) is 24.3 Å². The maximum Gasteiger partial charge on any atom is 0.272 e. The van der Waals surface area contributed by atoms with Crippen LogP contribution in [0.2, 0.25) is 10.0 Å². The monoisotopic (exact) mass is 515 g/mol. The number of carbonyl (C=O) groups is 2. The lowest BCUT2D eigenvalue weighted by atomic mass is 10.2. The lowest BCUT2D eigenvalue weighted by Gasteiger charge is -2.34. The zero-order chi connectivity index (χ0) is 24.8. The topological polar surface area (TPSA) is 124 Å². The van der Waals surface area contributed by atoms with Crippen LogP contribution in [0.25, 0.3) is 0 Å². The minimum Gasteiger partial charge on any atom is -0.395 e. The second-order valence-electron chi connectivity index (χ2n) is 7.76. The predicted octanol–water partition coefficient (Wildman–Crippen LogP) is 2.92. The highest BCUT2D eigenvalue weighted by Crippen LogP contribution is 2.25. The summed E-state index contributed by atoms with van der Waals surface area (Å²) in [6.07, 6.45) is 4.42. The lowest BCUT2D eigenvalue weighted by molar-refractivity contribution is 0.0609. The normalized spacial score (nSPS) is 14.0. The number of halogens is 2. The molecule has 2 aromatic heterocycles. The number of pyridine rings is 1. The van der Waals surface area contributed by atoms with E-state index in [9.17, 15) is 9.59 Å². The average molecular weight is 516 g/mol. The molecule has 4 rings (SSSR count). The fraction of sp³-hybridized carbons (Fsp3) is 0.261. The van der Waals surface area contributed by atoms with Crippen molar-refractivity contribution in [1.29, 1.82) is 0 Å². The molecule has 10 nitrogen and oxygen atoms in total. The number of nitrogens with one attached hydrogen (secondary N) is 2. The van der Waals surface area contributed by atoms with Crippen LogP contribution in [0.1, 0.15) is 20.8 Å². The number of aliphatic hydroxyl groups is 1. The van der Waals surface area contributed by atoms with Gasteiger partial charge in [-0.1, -0.05) is 29.3 Å². The Hall–Kier alpha value is -3.31. The van der Waals surface area contributed by atoms with E-state index in [1.807, 2.05) is 0 Å². The average Bonchev–Trinajstić information content (AvgIpc) is 2.86. The summed E-state index contributed by atoms with van der Waals surface area (Å²) in [6.45, 7) is 3.38. The van der Waals surface area contributed by atoms with Gasteiger partial charge in [-0.3, -0.25) is 14.5 Å². The Morgan fingerprint density at radius 3 is 2.17 bits per heavy atom. The van der Waals surface area contributed by atoms with E-state index in [1.54, 1.807) is 35.2 Å². The van der Waals surface area contributed by atoms with E-state index in [-0.39, 0.29) is 28.1 Å². The molecule has 0 saturated carbocycles. The second-order valence-corrected chi connectivity index (χ2v) is 8.58. The molecule has 0 bridgehead atoms. The largest absolute Gasteiger partial charge is 0.395 e. The Morgan fingerprint density at radius 1 is 0.914 bits per heavy atom. The Balaban J connectivity index is 1.33. The van der Waals surface area contributed by atoms with Crippen LogP contribution in [0.4, 0.5) is 17.3 Å². The van der Waals surface area contributed by atoms with E-state index in [1.165, 1.54) is 18.6 Å². The van der Waals surface area contributed by atoms with Crippen LogP contribution in [0, 0.1) is 0 Å². The van der Waals surface area contributed by atoms with Crippen LogP contribution in [0.5, 0.6) is 0 Å². The van der Waals surface area contributed by atoms with Crippen molar-refractivity contribution in [2.45, 2.75) is 0 Å². The van der Waals surface area contributed by atoms with E-state index in [0.29, 0.717) is 42.7 Å². The third kappa shape index (κ3) is 6.23. The zero-order valence-electron chi connectivity index (χ0n) is 18.6. The fourth-order valence-corrected chi connectivity index (χ4v) is 4.14. The van der Waals surface area contributed by atoms with Crippen LogP contribution in [0.15, 0.2) is 48.9 Å². The van der Waals surface area contributed by atoms with Crippen molar-refractivity contribution in [3.05, 3.63) is 70.2 Å². The molecule has 1 fully saturated rings. The maximum atomic E-state index is 12.7. The first-order valence-electron chi connectivity index (χ1n) is 10.9. The minimum absolute atomic E-state index is 0.114. The van der Waals surface area contributed by atoms with Crippen molar-refractivity contribution in [3.63, 3.8) is 0 Å². The first-order valence-corrected chi connectivity index (χ1v) is 11.6. The van der Waals surface area contributed by atoms with Crippen molar-refractivity contribution in [1.82, 2.24) is 24.8 Å². The van der Waals surface area contributed by atoms with E-state index >= 15 is 0 Å². The van der Waals surface area contributed by atoms with Gasteiger partial charge in [0, 0.05) is 32.7 Å². The third-order valence-corrected chi connectivity index (χ3v) is 6.04. The van der Waals surface area contributed by atoms with Gasteiger partial charge in [0.05, 0.1) is 52.2 Å².